The predicted molar refractivity (Wildman–Crippen MR) is 98.8 cm³/mol. The topological polar surface area (TPSA) is 63.5 Å². The van der Waals surface area contributed by atoms with E-state index in [0.717, 1.165) is 37.9 Å². The maximum absolute atomic E-state index is 12.4. The number of thiophene rings is 1. The van der Waals surface area contributed by atoms with E-state index >= 15 is 0 Å². The lowest BCUT2D eigenvalue weighted by molar-refractivity contribution is -0.130. The van der Waals surface area contributed by atoms with Crippen molar-refractivity contribution >= 4 is 29.0 Å². The summed E-state index contributed by atoms with van der Waals surface area (Å²) in [6.07, 6.45) is 1.68. The van der Waals surface area contributed by atoms with Gasteiger partial charge < -0.3 is 14.2 Å². The van der Waals surface area contributed by atoms with Gasteiger partial charge in [-0.15, -0.1) is 21.5 Å². The molecule has 0 bridgehead atoms. The molecule has 2 aromatic heterocycles. The van der Waals surface area contributed by atoms with Gasteiger partial charge in [0.2, 0.25) is 5.91 Å². The van der Waals surface area contributed by atoms with Crippen LogP contribution < -0.4 is 0 Å². The third-order valence-electron chi connectivity index (χ3n) is 4.13. The zero-order chi connectivity index (χ0) is 17.5. The van der Waals surface area contributed by atoms with Gasteiger partial charge in [0.1, 0.15) is 6.33 Å². The molecule has 136 valence electrons. The third-order valence-corrected chi connectivity index (χ3v) is 5.95. The minimum Gasteiger partial charge on any atom is -0.383 e. The van der Waals surface area contributed by atoms with Crippen LogP contribution in [0.5, 0.6) is 0 Å². The number of hydrogen-bond donors (Lipinski definition) is 0. The Balaban J connectivity index is 1.41. The first kappa shape index (κ1) is 18.4. The molecule has 0 radical (unpaired) electrons. The molecule has 0 aliphatic carbocycles. The van der Waals surface area contributed by atoms with Gasteiger partial charge in [0.05, 0.1) is 12.4 Å². The van der Waals surface area contributed by atoms with E-state index in [-0.39, 0.29) is 5.91 Å². The van der Waals surface area contributed by atoms with Gasteiger partial charge in [-0.05, 0) is 11.4 Å². The van der Waals surface area contributed by atoms with Crippen LogP contribution >= 0.6 is 23.1 Å². The van der Waals surface area contributed by atoms with Gasteiger partial charge in [-0.1, -0.05) is 17.8 Å². The summed E-state index contributed by atoms with van der Waals surface area (Å²) < 4.78 is 6.99. The van der Waals surface area contributed by atoms with Crippen LogP contribution in [0.25, 0.3) is 0 Å². The van der Waals surface area contributed by atoms with E-state index in [4.69, 9.17) is 4.74 Å². The number of amides is 1. The molecule has 3 heterocycles. The van der Waals surface area contributed by atoms with Crippen LogP contribution in [0.3, 0.4) is 0 Å². The van der Waals surface area contributed by atoms with Crippen LogP contribution in [0.1, 0.15) is 4.88 Å². The number of carbonyl (C=O) groups is 1. The zero-order valence-corrected chi connectivity index (χ0v) is 16.0. The zero-order valence-electron chi connectivity index (χ0n) is 14.3. The van der Waals surface area contributed by atoms with Crippen molar-refractivity contribution in [2.75, 3.05) is 45.6 Å². The number of methoxy groups -OCH3 is 1. The molecule has 0 atom stereocenters. The molecule has 1 aliphatic heterocycles. The minimum atomic E-state index is 0.169. The maximum Gasteiger partial charge on any atom is 0.233 e. The van der Waals surface area contributed by atoms with E-state index in [0.29, 0.717) is 18.9 Å². The quantitative estimate of drug-likeness (QED) is 0.645. The number of piperazine rings is 1. The average molecular weight is 382 g/mol. The number of aromatic nitrogens is 3. The van der Waals surface area contributed by atoms with Crippen molar-refractivity contribution < 1.29 is 9.53 Å². The molecule has 3 rings (SSSR count). The number of ether oxygens (including phenoxy) is 1. The molecule has 25 heavy (non-hydrogen) atoms. The Morgan fingerprint density at radius 3 is 2.92 bits per heavy atom. The fourth-order valence-electron chi connectivity index (χ4n) is 2.70. The second-order valence-electron chi connectivity index (χ2n) is 5.82. The van der Waals surface area contributed by atoms with E-state index in [2.05, 4.69) is 32.6 Å². The summed E-state index contributed by atoms with van der Waals surface area (Å²) in [5.74, 6) is 0.568. The molecule has 1 amide bonds. The van der Waals surface area contributed by atoms with Gasteiger partial charge >= 0.3 is 0 Å². The average Bonchev–Trinajstić information content (AvgIpc) is 3.30. The first-order valence-electron chi connectivity index (χ1n) is 8.28. The number of nitrogens with zero attached hydrogens (tertiary/aromatic N) is 5. The summed E-state index contributed by atoms with van der Waals surface area (Å²) in [6, 6.07) is 4.25. The Morgan fingerprint density at radius 2 is 2.20 bits per heavy atom. The Hall–Kier alpha value is -1.42. The van der Waals surface area contributed by atoms with E-state index in [1.54, 1.807) is 24.8 Å². The summed E-state index contributed by atoms with van der Waals surface area (Å²) in [5.41, 5.74) is 0. The molecular weight excluding hydrogens is 358 g/mol. The van der Waals surface area contributed by atoms with Gasteiger partial charge in [-0.25, -0.2) is 0 Å². The monoisotopic (exact) mass is 381 g/mol. The van der Waals surface area contributed by atoms with Crippen molar-refractivity contribution in [3.05, 3.63) is 28.7 Å². The fourth-order valence-corrected chi connectivity index (χ4v) is 4.29. The third kappa shape index (κ3) is 5.27. The summed E-state index contributed by atoms with van der Waals surface area (Å²) in [6.45, 7) is 5.73. The molecule has 0 N–H and O–H groups in total. The lowest BCUT2D eigenvalue weighted by Crippen LogP contribution is -2.48. The summed E-state index contributed by atoms with van der Waals surface area (Å²) >= 11 is 3.23. The van der Waals surface area contributed by atoms with Gasteiger partial charge in [0, 0.05) is 51.3 Å². The highest BCUT2D eigenvalue weighted by molar-refractivity contribution is 7.99. The van der Waals surface area contributed by atoms with E-state index in [1.165, 1.54) is 16.6 Å². The molecule has 0 unspecified atom stereocenters. The van der Waals surface area contributed by atoms with Crippen molar-refractivity contribution in [3.8, 4) is 0 Å². The van der Waals surface area contributed by atoms with E-state index in [9.17, 15) is 4.79 Å². The summed E-state index contributed by atoms with van der Waals surface area (Å²) in [7, 11) is 1.67. The predicted octanol–water partition coefficient (Wildman–Crippen LogP) is 1.42. The van der Waals surface area contributed by atoms with Gasteiger partial charge in [-0.3, -0.25) is 9.69 Å². The van der Waals surface area contributed by atoms with Gasteiger partial charge in [0.25, 0.3) is 0 Å². The van der Waals surface area contributed by atoms with Crippen LogP contribution in [-0.4, -0.2) is 76.1 Å². The Bertz CT molecular complexity index is 653. The Morgan fingerprint density at radius 1 is 1.36 bits per heavy atom. The van der Waals surface area contributed by atoms with Crippen molar-refractivity contribution in [2.24, 2.45) is 0 Å². The molecule has 2 aromatic rings. The molecule has 9 heteroatoms. The Kier molecular flexibility index (Phi) is 6.85. The second-order valence-corrected chi connectivity index (χ2v) is 7.80. The van der Waals surface area contributed by atoms with Crippen LogP contribution in [-0.2, 0) is 22.6 Å². The number of thioether (sulfide) groups is 1. The highest BCUT2D eigenvalue weighted by atomic mass is 32.2. The number of rotatable bonds is 8. The summed E-state index contributed by atoms with van der Waals surface area (Å²) in [4.78, 5) is 18.2. The molecule has 1 fully saturated rings. The fraction of sp³-hybridized carbons (Fsp3) is 0.562. The van der Waals surface area contributed by atoms with Crippen LogP contribution in [0.4, 0.5) is 0 Å². The minimum absolute atomic E-state index is 0.169. The van der Waals surface area contributed by atoms with E-state index < -0.39 is 0 Å². The highest BCUT2D eigenvalue weighted by Gasteiger charge is 2.21. The molecule has 0 aromatic carbocycles. The van der Waals surface area contributed by atoms with Gasteiger partial charge in [0.15, 0.2) is 5.16 Å². The van der Waals surface area contributed by atoms with Crippen molar-refractivity contribution in [3.63, 3.8) is 0 Å². The van der Waals surface area contributed by atoms with Crippen LogP contribution in [0.15, 0.2) is 29.0 Å². The van der Waals surface area contributed by atoms with Crippen LogP contribution in [0.2, 0.25) is 0 Å². The molecule has 7 nitrogen and oxygen atoms in total. The van der Waals surface area contributed by atoms with E-state index in [1.807, 2.05) is 9.47 Å². The number of hydrogen-bond acceptors (Lipinski definition) is 7. The van der Waals surface area contributed by atoms with Gasteiger partial charge in [-0.2, -0.15) is 0 Å². The molecule has 1 saturated heterocycles. The second kappa shape index (κ2) is 9.33. The normalized spacial score (nSPS) is 15.6. The maximum atomic E-state index is 12.4. The van der Waals surface area contributed by atoms with Crippen molar-refractivity contribution in [1.29, 1.82) is 0 Å². The first-order chi connectivity index (χ1) is 12.3. The number of carbonyl (C=O) groups excluding carboxylic acids is 1. The Labute approximate surface area is 156 Å². The lowest BCUT2D eigenvalue weighted by atomic mass is 10.3. The van der Waals surface area contributed by atoms with Crippen LogP contribution in [0, 0.1) is 0 Å². The largest absolute Gasteiger partial charge is 0.383 e. The molecule has 0 spiro atoms. The molecule has 0 saturated carbocycles. The van der Waals surface area contributed by atoms with Crippen molar-refractivity contribution in [1.82, 2.24) is 24.6 Å². The lowest BCUT2D eigenvalue weighted by Gasteiger charge is -2.34. The molecular formula is C16H23N5O2S2. The SMILES string of the molecule is COCCn1cnnc1SCC(=O)N1CCN(Cc2cccs2)CC1. The van der Waals surface area contributed by atoms with Crippen molar-refractivity contribution in [2.45, 2.75) is 18.2 Å². The highest BCUT2D eigenvalue weighted by Crippen LogP contribution is 2.17. The molecule has 1 aliphatic rings. The standard InChI is InChI=1S/C16H23N5O2S2/c1-23-9-8-21-13-17-18-16(21)25-12-15(22)20-6-4-19(5-7-20)11-14-3-2-10-24-14/h2-3,10,13H,4-9,11-12H2,1H3. The smallest absolute Gasteiger partial charge is 0.233 e. The summed E-state index contributed by atoms with van der Waals surface area (Å²) in [5, 5.41) is 10.9. The first-order valence-corrected chi connectivity index (χ1v) is 10.1.